The number of carbonyl (C=O) groups excluding carboxylic acids is 5. The molecule has 1 unspecified atom stereocenters. The number of thiazole rings is 5. The molecule has 18 heterocycles. The van der Waals surface area contributed by atoms with Gasteiger partial charge in [-0.15, -0.1) is 0 Å². The van der Waals surface area contributed by atoms with E-state index in [1.165, 1.54) is 97.7 Å². The van der Waals surface area contributed by atoms with Gasteiger partial charge in [0.1, 0.15) is 89.2 Å². The Labute approximate surface area is 845 Å². The summed E-state index contributed by atoms with van der Waals surface area (Å²) in [6, 6.07) is 38.8. The Kier molecular flexibility index (Phi) is 29.0. The lowest BCUT2D eigenvalue weighted by atomic mass is 9.87. The van der Waals surface area contributed by atoms with Crippen molar-refractivity contribution in [1.29, 1.82) is 0 Å². The number of fused-ring (bicyclic) bond motifs is 10. The minimum absolute atomic E-state index is 0.00557. The van der Waals surface area contributed by atoms with E-state index >= 15 is 0 Å². The van der Waals surface area contributed by atoms with E-state index in [-0.39, 0.29) is 64.2 Å². The predicted octanol–water partition coefficient (Wildman–Crippen LogP) is 13.0. The summed E-state index contributed by atoms with van der Waals surface area (Å²) >= 11 is 6.50. The third kappa shape index (κ3) is 21.1. The van der Waals surface area contributed by atoms with Gasteiger partial charge >= 0.3 is 0 Å². The number of aliphatic hydroxyl groups is 1. The number of aromatic nitrogens is 15. The van der Waals surface area contributed by atoms with Crippen LogP contribution in [0.5, 0.6) is 0 Å². The molecule has 3 saturated heterocycles. The van der Waals surface area contributed by atoms with Crippen LogP contribution in [0.2, 0.25) is 0 Å². The first-order valence-electron chi connectivity index (χ1n) is 48.7. The predicted molar refractivity (Wildman–Crippen MR) is 560 cm³/mol. The first-order valence-corrected chi connectivity index (χ1v) is 52.8. The fourth-order valence-corrected chi connectivity index (χ4v) is 23.9. The van der Waals surface area contributed by atoms with Gasteiger partial charge in [-0.1, -0.05) is 171 Å². The van der Waals surface area contributed by atoms with Crippen molar-refractivity contribution in [2.75, 3.05) is 149 Å². The molecule has 10 aromatic heterocycles. The summed E-state index contributed by atoms with van der Waals surface area (Å²) in [6.45, 7) is 28.4. The Bertz CT molecular complexity index is 7210. The highest BCUT2D eigenvalue weighted by Crippen LogP contribution is 2.50. The van der Waals surface area contributed by atoms with Gasteiger partial charge in [-0.2, -0.15) is 0 Å². The van der Waals surface area contributed by atoms with Gasteiger partial charge in [-0.3, -0.25) is 28.9 Å². The molecule has 11 N–H and O–H groups in total. The topological polar surface area (TPSA) is 441 Å². The van der Waals surface area contributed by atoms with Crippen LogP contribution in [-0.2, 0) is 22.7 Å². The molecule has 42 heteroatoms. The summed E-state index contributed by atoms with van der Waals surface area (Å²) in [4.78, 5) is 147. The van der Waals surface area contributed by atoms with E-state index in [2.05, 4.69) is 256 Å². The van der Waals surface area contributed by atoms with E-state index < -0.39 is 0 Å². The van der Waals surface area contributed by atoms with E-state index in [0.29, 0.717) is 125 Å². The molecule has 5 aromatic carbocycles. The second-order valence-corrected chi connectivity index (χ2v) is 43.6. The van der Waals surface area contributed by atoms with E-state index in [9.17, 15) is 28.4 Å². The van der Waals surface area contributed by atoms with Crippen LogP contribution in [0.1, 0.15) is 176 Å². The number of carbonyl (C=O) groups is 5. The molecule has 5 amide bonds. The summed E-state index contributed by atoms with van der Waals surface area (Å²) in [6.07, 6.45) is 16.1. The molecular weight excluding hydrogens is 1910 g/mol. The summed E-state index contributed by atoms with van der Waals surface area (Å²) in [5.74, 6) is 3.54. The number of rotatable bonds is 22. The molecule has 740 valence electrons. The maximum atomic E-state index is 13.6. The summed E-state index contributed by atoms with van der Waals surface area (Å²) < 4.78 is 13.6. The number of hydrogen-bond acceptors (Lipinski definition) is 36. The zero-order valence-electron chi connectivity index (χ0n) is 80.3. The van der Waals surface area contributed by atoms with Gasteiger partial charge in [0.2, 0.25) is 0 Å². The number of nitrogens with one attached hydrogen (secondary N) is 8. The first-order chi connectivity index (χ1) is 69.5. The third-order valence-electron chi connectivity index (χ3n) is 27.2. The number of hydrogen-bond donors (Lipinski definition) is 10. The second kappa shape index (κ2) is 42.5. The number of piperazine rings is 1. The number of piperidine rings is 2. The highest BCUT2D eigenvalue weighted by Gasteiger charge is 2.42. The fraction of sp³-hybridized carbons (Fsp3) is 0.406. The van der Waals surface area contributed by atoms with E-state index in [1.54, 1.807) is 31.1 Å². The molecule has 4 fully saturated rings. The molecule has 0 radical (unpaired) electrons. The average molecular weight is 2020 g/mol. The largest absolute Gasteiger partial charge is 0.396 e. The fourth-order valence-electron chi connectivity index (χ4n) is 19.8. The molecule has 1 aliphatic carbocycles. The number of benzene rings is 5. The smallest absolute Gasteiger partial charge is 0.280 e. The van der Waals surface area contributed by atoms with Crippen LogP contribution >= 0.6 is 56.7 Å². The monoisotopic (exact) mass is 2020 g/mol. The molecule has 36 nitrogen and oxygen atoms in total. The van der Waals surface area contributed by atoms with Crippen LogP contribution in [0.25, 0.3) is 51.7 Å². The molecule has 24 rings (SSSR count). The van der Waals surface area contributed by atoms with Crippen molar-refractivity contribution in [1.82, 2.24) is 122 Å². The van der Waals surface area contributed by atoms with Crippen molar-refractivity contribution in [2.24, 2.45) is 11.7 Å². The van der Waals surface area contributed by atoms with Crippen molar-refractivity contribution in [3.8, 4) is 0 Å². The van der Waals surface area contributed by atoms with Gasteiger partial charge in [0.25, 0.3) is 29.5 Å². The minimum Gasteiger partial charge on any atom is -0.396 e. The number of anilines is 10. The third-order valence-corrected chi connectivity index (χ3v) is 32.0. The quantitative estimate of drug-likeness (QED) is 0.0282. The maximum Gasteiger partial charge on any atom is 0.280 e. The Balaban J connectivity index is 0.000000109. The number of halogens is 1. The summed E-state index contributed by atoms with van der Waals surface area (Å²) in [5, 5.41) is 35.8. The first kappa shape index (κ1) is 97.4. The number of aliphatic hydroxyl groups excluding tert-OH is 1. The van der Waals surface area contributed by atoms with Gasteiger partial charge in [0.05, 0.1) is 0 Å². The molecule has 9 aliphatic rings. The molecule has 8 aliphatic heterocycles. The van der Waals surface area contributed by atoms with Gasteiger partial charge in [0.15, 0.2) is 54.1 Å². The second-order valence-electron chi connectivity index (χ2n) is 38.8. The van der Waals surface area contributed by atoms with Crippen LogP contribution in [0.4, 0.5) is 61.9 Å². The molecule has 0 bridgehead atoms. The number of amides is 5. The zero-order valence-corrected chi connectivity index (χ0v) is 84.4. The van der Waals surface area contributed by atoms with Gasteiger partial charge in [-0.25, -0.2) is 79.2 Å². The van der Waals surface area contributed by atoms with Crippen LogP contribution in [-0.4, -0.2) is 251 Å². The van der Waals surface area contributed by atoms with E-state index in [0.717, 1.165) is 208 Å². The molecule has 0 spiro atoms. The van der Waals surface area contributed by atoms with Gasteiger partial charge in [0, 0.05) is 154 Å². The van der Waals surface area contributed by atoms with Crippen molar-refractivity contribution in [3.63, 3.8) is 0 Å². The summed E-state index contributed by atoms with van der Waals surface area (Å²) in [5.41, 5.74) is 20.7. The van der Waals surface area contributed by atoms with E-state index in [1.807, 2.05) is 29.2 Å². The van der Waals surface area contributed by atoms with Crippen molar-refractivity contribution >= 4 is 195 Å². The lowest BCUT2D eigenvalue weighted by molar-refractivity contribution is 0.0923. The van der Waals surface area contributed by atoms with Crippen LogP contribution in [0, 0.1) is 11.7 Å². The normalized spacial score (nSPS) is 17.6. The highest BCUT2D eigenvalue weighted by molar-refractivity contribution is 7.21. The van der Waals surface area contributed by atoms with Crippen LogP contribution < -0.4 is 72.8 Å². The molecule has 1 atom stereocenters. The Morgan fingerprint density at radius 3 is 1.25 bits per heavy atom. The standard InChI is InChI=1S/C22H26N6OS.C21H24N6OS.C20H22FN7OS.C19H20N6OS.C19H21N5O2S/c1-22(2)12-28(16-6-4-3-5-15(16)22)18-17-20(26-13-25-18)30-21(27-17)19(29)24-11-14-7-9-23-10-8-14;1-21(2)11-27(15-6-4-3-5-14(15)21)17-16-19(24-12-23-17)29-20(26-16)18(28)25-13-7-9-22-10-8-13;21-14-1-2-15-13(11-14)3-7-28(15)17-16-19(25-12-24-17)30-20(26-16)18(29)23-6-10-27-8-4-22-5-9-27;20-8-7-11-9-25(14-4-2-1-3-13(11)14)16-15-18(22-10-21-16)27-19(24-15)17(26)23-12-5-6-12;1-19(2)10-24(13-7-4-3-6-12(13)19)15-14-17(22-11-21-15)27-18(23-14)16(26)20-8-5-9-25/h3-6,13-14,23H,7-12H2,1-2H3,(H,24,29);3-6,12-13,22H,7-11H2,1-2H3,(H,25,28);1-2,11-12,22H,3-10H2,(H,23,29);1-4,10-12H,5-9,20H2,(H,23,26);3-4,6-7,11,25H,5,8-10H2,1-2H3,(H,20,26). The molecule has 143 heavy (non-hydrogen) atoms. The van der Waals surface area contributed by atoms with Crippen LogP contribution in [0.15, 0.2) is 147 Å². The molecular formula is C101H113FN30O6S5. The number of para-hydroxylation sites is 4. The van der Waals surface area contributed by atoms with Crippen LogP contribution in [0.3, 0.4) is 0 Å². The zero-order chi connectivity index (χ0) is 98.6. The Hall–Kier alpha value is -13.0. The van der Waals surface area contributed by atoms with Crippen molar-refractivity contribution in [3.05, 3.63) is 206 Å². The van der Waals surface area contributed by atoms with E-state index in [4.69, 9.17) is 10.8 Å². The average Bonchev–Trinajstić information content (AvgIpc) is 1.60. The molecule has 15 aromatic rings. The Morgan fingerprint density at radius 2 is 0.811 bits per heavy atom. The Morgan fingerprint density at radius 1 is 0.427 bits per heavy atom. The van der Waals surface area contributed by atoms with Gasteiger partial charge in [-0.05, 0) is 167 Å². The number of nitrogens with zero attached hydrogens (tertiary/aromatic N) is 21. The SMILES string of the molecule is CC1(C)CN(c2ncnc3sc(C(=O)NC4CCNCC4)nc23)c2ccccc21.CC1(C)CN(c2ncnc3sc(C(=O)NCC4CCNCC4)nc23)c2ccccc21.CC1(C)CN(c2ncnc3sc(C(=O)NCCCO)nc23)c2ccccc21.NCCC1CN(c2ncnc3sc(C(=O)NC4CC4)nc23)c2ccccc21.O=C(NCCN1CCNCC1)c1nc2c(N3CCc4cc(F)ccc43)ncnc2s1. The number of nitrogens with two attached hydrogens (primary N) is 1. The highest BCUT2D eigenvalue weighted by atomic mass is 32.1. The minimum atomic E-state index is -0.250. The van der Waals surface area contributed by atoms with Crippen molar-refractivity contribution in [2.45, 2.75) is 134 Å². The molecule has 1 saturated carbocycles. The lowest BCUT2D eigenvalue weighted by Crippen LogP contribution is -2.46. The van der Waals surface area contributed by atoms with Gasteiger partial charge < -0.3 is 77.9 Å². The summed E-state index contributed by atoms with van der Waals surface area (Å²) in [7, 11) is 0. The maximum absolute atomic E-state index is 13.6. The lowest BCUT2D eigenvalue weighted by Gasteiger charge is -2.26. The van der Waals surface area contributed by atoms with Crippen molar-refractivity contribution < 1.29 is 33.5 Å².